The Morgan fingerprint density at radius 3 is 2.12 bits per heavy atom. The summed E-state index contributed by atoms with van der Waals surface area (Å²) in [5.41, 5.74) is -3.81. The number of carboxylic acid groups (broad SMARTS) is 2. The first kappa shape index (κ1) is 19.6. The topological polar surface area (TPSA) is 99.7 Å². The Labute approximate surface area is 155 Å². The van der Waals surface area contributed by atoms with E-state index in [0.29, 0.717) is 25.7 Å². The van der Waals surface area contributed by atoms with E-state index >= 15 is 0 Å². The third-order valence-corrected chi connectivity index (χ3v) is 7.36. The second-order valence-electron chi connectivity index (χ2n) is 8.35. The van der Waals surface area contributed by atoms with Crippen molar-refractivity contribution in [2.24, 2.45) is 16.7 Å². The van der Waals surface area contributed by atoms with Gasteiger partial charge in [-0.05, 0) is 18.8 Å². The van der Waals surface area contributed by atoms with Crippen molar-refractivity contribution in [2.75, 3.05) is 0 Å². The summed E-state index contributed by atoms with van der Waals surface area (Å²) in [4.78, 5) is 25.7. The van der Waals surface area contributed by atoms with Gasteiger partial charge in [-0.2, -0.15) is 0 Å². The van der Waals surface area contributed by atoms with Crippen molar-refractivity contribution in [3.63, 3.8) is 0 Å². The molecule has 3 aliphatic rings. The van der Waals surface area contributed by atoms with Crippen LogP contribution in [-0.2, 0) is 19.1 Å². The average molecular weight is 368 g/mol. The number of fused-ring (bicyclic) bond motifs is 3. The van der Waals surface area contributed by atoms with E-state index in [4.69, 9.17) is 9.47 Å². The van der Waals surface area contributed by atoms with Crippen LogP contribution in [0, 0.1) is 16.7 Å². The lowest BCUT2D eigenvalue weighted by atomic mass is 9.45. The molecule has 7 atom stereocenters. The third kappa shape index (κ3) is 2.12. The lowest BCUT2D eigenvalue weighted by Crippen LogP contribution is -2.68. The number of carbonyl (C=O) groups is 2. The summed E-state index contributed by atoms with van der Waals surface area (Å²) in [5, 5.41) is 21.0. The maximum absolute atomic E-state index is 12.9. The first-order valence-electron chi connectivity index (χ1n) is 10.1. The number of unbranched alkanes of at least 4 members (excludes halogenated alkanes) is 2. The number of carboxylic acids is 2. The largest absolute Gasteiger partial charge is 0.481 e. The van der Waals surface area contributed by atoms with Gasteiger partial charge in [-0.25, -0.2) is 0 Å². The van der Waals surface area contributed by atoms with Gasteiger partial charge in [-0.1, -0.05) is 59.8 Å². The molecule has 2 aliphatic heterocycles. The number of hydrogen-bond acceptors (Lipinski definition) is 4. The standard InChI is InChI=1S/C20H32O6/c1-5-8-10-18(16(21)22)19(11-9-6-2)14(26-19)13-15(25-13)20(18,17(23)24)12(4)7-3/h12-15H,5-11H2,1-4H3,(H,21,22)(H,23,24). The highest BCUT2D eigenvalue weighted by atomic mass is 16.7. The molecule has 0 aromatic heterocycles. The normalized spacial score (nSPS) is 43.9. The quantitative estimate of drug-likeness (QED) is 0.573. The second-order valence-corrected chi connectivity index (χ2v) is 8.35. The van der Waals surface area contributed by atoms with Gasteiger partial charge in [0, 0.05) is 0 Å². The molecule has 148 valence electrons. The van der Waals surface area contributed by atoms with Crippen molar-refractivity contribution in [3.05, 3.63) is 0 Å². The van der Waals surface area contributed by atoms with Gasteiger partial charge in [-0.15, -0.1) is 0 Å². The summed E-state index contributed by atoms with van der Waals surface area (Å²) in [5.74, 6) is -2.38. The van der Waals surface area contributed by atoms with Crippen LogP contribution in [0.15, 0.2) is 0 Å². The molecule has 3 fully saturated rings. The van der Waals surface area contributed by atoms with Gasteiger partial charge < -0.3 is 19.7 Å². The minimum absolute atomic E-state index is 0.272. The van der Waals surface area contributed by atoms with Crippen molar-refractivity contribution in [1.82, 2.24) is 0 Å². The summed E-state index contributed by atoms with van der Waals surface area (Å²) in [7, 11) is 0. The highest BCUT2D eigenvalue weighted by Gasteiger charge is 2.92. The van der Waals surface area contributed by atoms with Gasteiger partial charge in [0.2, 0.25) is 0 Å². The molecule has 26 heavy (non-hydrogen) atoms. The van der Waals surface area contributed by atoms with Gasteiger partial charge in [0.15, 0.2) is 0 Å². The Bertz CT molecular complexity index is 591. The molecule has 2 heterocycles. The molecule has 6 nitrogen and oxygen atoms in total. The van der Waals surface area contributed by atoms with Gasteiger partial charge in [0.05, 0.1) is 0 Å². The van der Waals surface area contributed by atoms with Gasteiger partial charge >= 0.3 is 11.9 Å². The van der Waals surface area contributed by atoms with Gasteiger partial charge in [-0.3, -0.25) is 9.59 Å². The maximum atomic E-state index is 12.9. The predicted molar refractivity (Wildman–Crippen MR) is 94.9 cm³/mol. The van der Waals surface area contributed by atoms with Crippen LogP contribution in [-0.4, -0.2) is 46.1 Å². The van der Waals surface area contributed by atoms with Crippen LogP contribution in [0.25, 0.3) is 0 Å². The van der Waals surface area contributed by atoms with Crippen molar-refractivity contribution >= 4 is 11.9 Å². The Hall–Kier alpha value is -1.14. The second kappa shape index (κ2) is 6.48. The van der Waals surface area contributed by atoms with E-state index in [9.17, 15) is 19.8 Å². The molecular formula is C20H32O6. The predicted octanol–water partition coefficient (Wildman–Crippen LogP) is 3.47. The van der Waals surface area contributed by atoms with E-state index in [0.717, 1.165) is 19.3 Å². The molecule has 1 saturated carbocycles. The molecule has 0 amide bonds. The summed E-state index contributed by atoms with van der Waals surface area (Å²) in [6.45, 7) is 7.86. The van der Waals surface area contributed by atoms with Crippen LogP contribution in [0.3, 0.4) is 0 Å². The SMILES string of the molecule is CCCCC12OC1C1OC1C(C(=O)O)(C(C)CC)C2(CCCC)C(=O)O. The van der Waals surface area contributed by atoms with Crippen LogP contribution in [0.2, 0.25) is 0 Å². The Kier molecular flexibility index (Phi) is 4.89. The molecule has 1 aliphatic carbocycles. The lowest BCUT2D eigenvalue weighted by molar-refractivity contribution is -0.196. The molecule has 0 aromatic carbocycles. The van der Waals surface area contributed by atoms with E-state index in [-0.39, 0.29) is 18.1 Å². The van der Waals surface area contributed by atoms with E-state index in [1.54, 1.807) is 0 Å². The molecule has 7 unspecified atom stereocenters. The summed E-state index contributed by atoms with van der Waals surface area (Å²) in [6.07, 6.45) is 3.61. The van der Waals surface area contributed by atoms with E-state index < -0.39 is 34.5 Å². The number of epoxide rings is 2. The third-order valence-electron chi connectivity index (χ3n) is 7.36. The fraction of sp³-hybridized carbons (Fsp3) is 0.900. The van der Waals surface area contributed by atoms with Crippen LogP contribution in [0.1, 0.15) is 72.6 Å². The van der Waals surface area contributed by atoms with Gasteiger partial charge in [0.25, 0.3) is 0 Å². The van der Waals surface area contributed by atoms with Crippen molar-refractivity contribution in [2.45, 2.75) is 96.6 Å². The zero-order valence-corrected chi connectivity index (χ0v) is 16.3. The molecule has 2 saturated heterocycles. The molecule has 0 aromatic rings. The molecule has 0 bridgehead atoms. The Balaban J connectivity index is 2.23. The first-order chi connectivity index (χ1) is 12.3. The zero-order valence-electron chi connectivity index (χ0n) is 16.3. The fourth-order valence-electron chi connectivity index (χ4n) is 5.90. The van der Waals surface area contributed by atoms with Crippen LogP contribution < -0.4 is 0 Å². The Morgan fingerprint density at radius 1 is 1.00 bits per heavy atom. The molecule has 6 heteroatoms. The maximum Gasteiger partial charge on any atom is 0.313 e. The molecule has 2 N–H and O–H groups in total. The lowest BCUT2D eigenvalue weighted by Gasteiger charge is -2.52. The minimum Gasteiger partial charge on any atom is -0.481 e. The number of ether oxygens (including phenoxy) is 2. The van der Waals surface area contributed by atoms with Crippen molar-refractivity contribution in [1.29, 1.82) is 0 Å². The highest BCUT2D eigenvalue weighted by molar-refractivity contribution is 5.91. The fourth-order valence-corrected chi connectivity index (χ4v) is 5.90. The minimum atomic E-state index is -1.45. The van der Waals surface area contributed by atoms with Gasteiger partial charge in [0.1, 0.15) is 34.7 Å². The number of hydrogen-bond donors (Lipinski definition) is 2. The van der Waals surface area contributed by atoms with Crippen LogP contribution in [0.5, 0.6) is 0 Å². The van der Waals surface area contributed by atoms with Crippen LogP contribution in [0.4, 0.5) is 0 Å². The van der Waals surface area contributed by atoms with E-state index in [2.05, 4.69) is 6.92 Å². The van der Waals surface area contributed by atoms with E-state index in [1.165, 1.54) is 0 Å². The molecule has 3 rings (SSSR count). The van der Waals surface area contributed by atoms with E-state index in [1.807, 2.05) is 20.8 Å². The highest BCUT2D eigenvalue weighted by Crippen LogP contribution is 2.76. The molecule has 0 radical (unpaired) electrons. The summed E-state index contributed by atoms with van der Waals surface area (Å²) in [6, 6.07) is 0. The summed E-state index contributed by atoms with van der Waals surface area (Å²) < 4.78 is 12.0. The molecular weight excluding hydrogens is 336 g/mol. The van der Waals surface area contributed by atoms with Crippen molar-refractivity contribution in [3.8, 4) is 0 Å². The first-order valence-corrected chi connectivity index (χ1v) is 10.1. The summed E-state index contributed by atoms with van der Waals surface area (Å²) >= 11 is 0. The smallest absolute Gasteiger partial charge is 0.313 e. The average Bonchev–Trinajstić information content (AvgIpc) is 3.49. The van der Waals surface area contributed by atoms with Crippen LogP contribution >= 0.6 is 0 Å². The molecule has 0 spiro atoms. The monoisotopic (exact) mass is 368 g/mol. The number of aliphatic carboxylic acids is 2. The number of rotatable bonds is 10. The van der Waals surface area contributed by atoms with Crippen molar-refractivity contribution < 1.29 is 29.3 Å². The zero-order chi connectivity index (χ0) is 19.3. The Morgan fingerprint density at radius 2 is 1.62 bits per heavy atom.